The lowest BCUT2D eigenvalue weighted by atomic mass is 10.0. The van der Waals surface area contributed by atoms with Crippen LogP contribution in [-0.4, -0.2) is 88.8 Å². The highest BCUT2D eigenvalue weighted by Crippen LogP contribution is 2.50. The Morgan fingerprint density at radius 2 is 1.81 bits per heavy atom. The number of carbonyl (C=O) groups is 5. The van der Waals surface area contributed by atoms with E-state index in [1.54, 1.807) is 46.8 Å². The van der Waals surface area contributed by atoms with E-state index in [1.807, 2.05) is 12.2 Å². The Bertz CT molecular complexity index is 1640. The molecule has 17 heteroatoms. The summed E-state index contributed by atoms with van der Waals surface area (Å²) < 4.78 is 49.6. The molecule has 5 amide bonds. The van der Waals surface area contributed by atoms with E-state index >= 15 is 0 Å². The zero-order valence-electron chi connectivity index (χ0n) is 31.0. The van der Waals surface area contributed by atoms with Crippen molar-refractivity contribution < 1.29 is 51.4 Å². The number of carbonyl (C=O) groups excluding carboxylic acids is 5. The lowest BCUT2D eigenvalue weighted by molar-refractivity contribution is -0.141. The van der Waals surface area contributed by atoms with Gasteiger partial charge in [-0.1, -0.05) is 37.1 Å². The molecule has 4 aliphatic rings. The summed E-state index contributed by atoms with van der Waals surface area (Å²) in [5, 5.41) is 7.90. The molecular weight excluding hydrogens is 712 g/mol. The van der Waals surface area contributed by atoms with Crippen molar-refractivity contribution in [2.45, 2.75) is 122 Å². The van der Waals surface area contributed by atoms with Crippen LogP contribution in [0.3, 0.4) is 0 Å². The van der Waals surface area contributed by atoms with Gasteiger partial charge in [0, 0.05) is 24.4 Å². The lowest BCUT2D eigenvalue weighted by Crippen LogP contribution is -2.57. The van der Waals surface area contributed by atoms with Crippen molar-refractivity contribution in [3.63, 3.8) is 0 Å². The van der Waals surface area contributed by atoms with Gasteiger partial charge in [-0.25, -0.2) is 18.5 Å². The molecule has 1 saturated heterocycles. The molecular formula is C36H51FN5O10P. The Hall–Kier alpha value is -4.01. The van der Waals surface area contributed by atoms with Gasteiger partial charge in [0.05, 0.1) is 26.3 Å². The van der Waals surface area contributed by atoms with Crippen LogP contribution >= 0.6 is 7.75 Å². The highest BCUT2D eigenvalue weighted by atomic mass is 31.2. The second-order valence-electron chi connectivity index (χ2n) is 14.8. The summed E-state index contributed by atoms with van der Waals surface area (Å²) in [7, 11) is -4.06. The molecule has 1 unspecified atom stereocenters. The first-order valence-corrected chi connectivity index (χ1v) is 19.8. The summed E-state index contributed by atoms with van der Waals surface area (Å²) in [6.07, 6.45) is 4.35. The Kier molecular flexibility index (Phi) is 12.6. The van der Waals surface area contributed by atoms with Gasteiger partial charge in [-0.2, -0.15) is 0 Å². The fourth-order valence-electron chi connectivity index (χ4n) is 7.01. The van der Waals surface area contributed by atoms with Gasteiger partial charge >= 0.3 is 19.9 Å². The number of ether oxygens (including phenoxy) is 2. The van der Waals surface area contributed by atoms with Gasteiger partial charge in [0.25, 0.3) is 5.91 Å². The Morgan fingerprint density at radius 3 is 2.49 bits per heavy atom. The van der Waals surface area contributed by atoms with Gasteiger partial charge < -0.3 is 25.0 Å². The van der Waals surface area contributed by atoms with E-state index < -0.39 is 78.7 Å². The number of allylic oxidation sites excluding steroid dienone is 1. The Morgan fingerprint density at radius 1 is 1.08 bits per heavy atom. The van der Waals surface area contributed by atoms with Crippen molar-refractivity contribution in [1.82, 2.24) is 25.5 Å². The zero-order chi connectivity index (χ0) is 38.6. The third-order valence-electron chi connectivity index (χ3n) is 9.62. The summed E-state index contributed by atoms with van der Waals surface area (Å²) in [5.41, 5.74) is -1.32. The highest BCUT2D eigenvalue weighted by Gasteiger charge is 2.62. The number of nitrogens with one attached hydrogen (secondary N) is 3. The smallest absolute Gasteiger partial charge is 0.434 e. The van der Waals surface area contributed by atoms with Crippen molar-refractivity contribution in [2.24, 2.45) is 5.92 Å². The van der Waals surface area contributed by atoms with Crippen LogP contribution in [0, 0.1) is 11.7 Å². The molecule has 15 nitrogen and oxygen atoms in total. The van der Waals surface area contributed by atoms with Crippen LogP contribution < -0.4 is 15.7 Å². The maximum absolute atomic E-state index is 14.4. The highest BCUT2D eigenvalue weighted by molar-refractivity contribution is 7.52. The van der Waals surface area contributed by atoms with Gasteiger partial charge in [-0.05, 0) is 71.9 Å². The fraction of sp³-hybridized carbons (Fsp3) is 0.639. The molecule has 3 aliphatic heterocycles. The molecule has 0 spiro atoms. The normalized spacial score (nSPS) is 26.9. The minimum Gasteiger partial charge on any atom is -0.444 e. The number of fused-ring (bicyclic) bond motifs is 3. The largest absolute Gasteiger partial charge is 0.444 e. The van der Waals surface area contributed by atoms with Crippen molar-refractivity contribution in [1.29, 1.82) is 0 Å². The molecule has 2 fully saturated rings. The van der Waals surface area contributed by atoms with E-state index in [0.29, 0.717) is 24.0 Å². The number of rotatable bonds is 8. The van der Waals surface area contributed by atoms with Crippen LogP contribution in [-0.2, 0) is 50.6 Å². The van der Waals surface area contributed by atoms with Crippen LogP contribution in [0.15, 0.2) is 30.4 Å². The van der Waals surface area contributed by atoms with Gasteiger partial charge in [0.15, 0.2) is 0 Å². The molecule has 0 radical (unpaired) electrons. The molecule has 3 heterocycles. The zero-order valence-corrected chi connectivity index (χ0v) is 31.9. The van der Waals surface area contributed by atoms with Crippen LogP contribution in [0.5, 0.6) is 0 Å². The van der Waals surface area contributed by atoms with Crippen LogP contribution in [0.1, 0.15) is 90.7 Å². The number of benzene rings is 1. The van der Waals surface area contributed by atoms with E-state index in [2.05, 4.69) is 15.7 Å². The molecule has 0 aromatic heterocycles. The lowest BCUT2D eigenvalue weighted by Gasteiger charge is -2.30. The van der Waals surface area contributed by atoms with E-state index in [9.17, 15) is 32.9 Å². The molecule has 1 aromatic rings. The molecule has 1 aliphatic carbocycles. The van der Waals surface area contributed by atoms with Gasteiger partial charge in [0.2, 0.25) is 11.8 Å². The average Bonchev–Trinajstić information content (AvgIpc) is 3.36. The predicted octanol–water partition coefficient (Wildman–Crippen LogP) is 4.83. The maximum Gasteiger partial charge on any atom is 0.434 e. The number of hydrogen-bond donors (Lipinski definition) is 3. The number of alkyl carbamates (subject to hydrolysis) is 1. The van der Waals surface area contributed by atoms with Crippen LogP contribution in [0.4, 0.5) is 14.0 Å². The minimum atomic E-state index is -4.06. The molecule has 0 bridgehead atoms. The maximum atomic E-state index is 14.4. The fourth-order valence-corrected chi connectivity index (χ4v) is 8.34. The van der Waals surface area contributed by atoms with Gasteiger partial charge in [-0.3, -0.25) is 33.4 Å². The number of hydrogen-bond acceptors (Lipinski definition) is 10. The molecule has 53 heavy (non-hydrogen) atoms. The predicted molar refractivity (Wildman–Crippen MR) is 189 cm³/mol. The van der Waals surface area contributed by atoms with E-state index in [4.69, 9.17) is 18.5 Å². The van der Waals surface area contributed by atoms with E-state index in [0.717, 1.165) is 12.8 Å². The standard InChI is InChI=1S/C36H51FN5O10P/c1-6-49-53(48,50-7-2)40-32(45)36-19-24(36)15-11-9-8-10-12-17-28(38-33(46)52-35(3,4)5)31(44)42-21-25(18-29(42)30(43)39-36)51-34(47)41-20-23-14-13-16-27(37)26(23)22-41/h11,13-16,24-25,28-29H,6-10,12,17-22H2,1-5H3,(H,38,46)(H,39,43)(H,40,45,48)/b15-11-/t24?,25-,28+,29+,36-/m1/s1. The number of halogens is 1. The first-order valence-electron chi connectivity index (χ1n) is 18.3. The van der Waals surface area contributed by atoms with E-state index in [1.165, 1.54) is 15.9 Å². The summed E-state index contributed by atoms with van der Waals surface area (Å²) >= 11 is 0. The van der Waals surface area contributed by atoms with Crippen molar-refractivity contribution in [3.05, 3.63) is 47.3 Å². The van der Waals surface area contributed by atoms with E-state index in [-0.39, 0.29) is 52.1 Å². The Labute approximate surface area is 309 Å². The molecule has 292 valence electrons. The molecule has 5 rings (SSSR count). The third-order valence-corrected chi connectivity index (χ3v) is 11.3. The second-order valence-corrected chi connectivity index (χ2v) is 16.5. The topological polar surface area (TPSA) is 182 Å². The first-order chi connectivity index (χ1) is 25.1. The number of amides is 5. The SMILES string of the molecule is CCOP(=O)(NC(=O)[C@@]12CC1/C=C\CCCCC[C@H](NC(=O)OC(C)(C)C)C(=O)N1C[C@H](OC(=O)N3Cc4cccc(F)c4C3)C[C@H]1C(=O)N2)OCC. The number of nitrogens with zero attached hydrogens (tertiary/aromatic N) is 2. The van der Waals surface area contributed by atoms with Gasteiger partial charge in [0.1, 0.15) is 35.1 Å². The first kappa shape index (κ1) is 40.2. The van der Waals surface area contributed by atoms with Gasteiger partial charge in [-0.15, -0.1) is 0 Å². The molecule has 5 atom stereocenters. The third kappa shape index (κ3) is 9.76. The van der Waals surface area contributed by atoms with Crippen molar-refractivity contribution in [3.8, 4) is 0 Å². The quantitative estimate of drug-likeness (QED) is 0.245. The van der Waals surface area contributed by atoms with Crippen LogP contribution in [0.25, 0.3) is 0 Å². The molecule has 3 N–H and O–H groups in total. The van der Waals surface area contributed by atoms with Crippen molar-refractivity contribution in [2.75, 3.05) is 19.8 Å². The minimum absolute atomic E-state index is 0.00187. The monoisotopic (exact) mass is 763 g/mol. The summed E-state index contributed by atoms with van der Waals surface area (Å²) in [6.45, 7) is 8.24. The molecule has 1 aromatic carbocycles. The summed E-state index contributed by atoms with van der Waals surface area (Å²) in [6, 6.07) is 2.33. The van der Waals surface area contributed by atoms with Crippen molar-refractivity contribution >= 4 is 37.7 Å². The average molecular weight is 764 g/mol. The summed E-state index contributed by atoms with van der Waals surface area (Å²) in [5.74, 6) is -2.93. The summed E-state index contributed by atoms with van der Waals surface area (Å²) in [4.78, 5) is 71.4. The second kappa shape index (κ2) is 16.6. The Balaban J connectivity index is 1.41. The van der Waals surface area contributed by atoms with Crippen LogP contribution in [0.2, 0.25) is 0 Å². The molecule has 1 saturated carbocycles.